The first-order chi connectivity index (χ1) is 16.2. The van der Waals surface area contributed by atoms with Crippen LogP contribution in [0.5, 0.6) is 0 Å². The van der Waals surface area contributed by atoms with Crippen molar-refractivity contribution in [2.24, 2.45) is 0 Å². The molecule has 0 unspecified atom stereocenters. The van der Waals surface area contributed by atoms with Gasteiger partial charge < -0.3 is 30.1 Å². The fourth-order valence-electron chi connectivity index (χ4n) is 4.67. The Labute approximate surface area is 201 Å². The minimum Gasteiger partial charge on any atom is -0.378 e. The number of hydrogen-bond donors (Lipinski definition) is 2. The highest BCUT2D eigenvalue weighted by molar-refractivity contribution is 7.80. The highest BCUT2D eigenvalue weighted by atomic mass is 32.1. The van der Waals surface area contributed by atoms with Gasteiger partial charge in [0.25, 0.3) is 0 Å². The third-order valence-electron chi connectivity index (χ3n) is 6.55. The maximum absolute atomic E-state index is 5.57. The molecule has 0 radical (unpaired) electrons. The molecule has 3 saturated heterocycles. The molecule has 2 N–H and O–H groups in total. The number of benzene rings is 1. The predicted molar refractivity (Wildman–Crippen MR) is 137 cm³/mol. The lowest BCUT2D eigenvalue weighted by atomic mass is 10.2. The van der Waals surface area contributed by atoms with Crippen LogP contribution in [-0.4, -0.2) is 67.6 Å². The van der Waals surface area contributed by atoms with Gasteiger partial charge in [0.2, 0.25) is 5.95 Å². The van der Waals surface area contributed by atoms with Gasteiger partial charge in [0, 0.05) is 57.6 Å². The molecule has 4 heterocycles. The minimum absolute atomic E-state index is 0.533. The fraction of sp³-hybridized carbons (Fsp3) is 0.542. The first kappa shape index (κ1) is 22.2. The van der Waals surface area contributed by atoms with E-state index in [4.69, 9.17) is 26.9 Å². The van der Waals surface area contributed by atoms with Gasteiger partial charge in [-0.1, -0.05) is 12.1 Å². The van der Waals surface area contributed by atoms with E-state index in [0.29, 0.717) is 17.6 Å². The van der Waals surface area contributed by atoms with Crippen molar-refractivity contribution in [3.8, 4) is 0 Å². The van der Waals surface area contributed by atoms with Gasteiger partial charge in [-0.25, -0.2) is 0 Å². The van der Waals surface area contributed by atoms with Crippen LogP contribution in [0.1, 0.15) is 31.2 Å². The summed E-state index contributed by atoms with van der Waals surface area (Å²) in [6, 6.07) is 10.8. The van der Waals surface area contributed by atoms with E-state index in [2.05, 4.69) is 55.7 Å². The summed E-state index contributed by atoms with van der Waals surface area (Å²) in [5, 5.41) is 7.05. The van der Waals surface area contributed by atoms with Crippen LogP contribution in [0.4, 0.5) is 23.3 Å². The molecule has 2 aromatic rings. The number of ether oxygens (including phenoxy) is 1. The van der Waals surface area contributed by atoms with Gasteiger partial charge in [-0.15, -0.1) is 0 Å². The summed E-state index contributed by atoms with van der Waals surface area (Å²) in [7, 11) is 0. The number of anilines is 4. The van der Waals surface area contributed by atoms with Crippen LogP contribution in [0.15, 0.2) is 30.3 Å². The van der Waals surface area contributed by atoms with Crippen LogP contribution in [-0.2, 0) is 11.3 Å². The highest BCUT2D eigenvalue weighted by Gasteiger charge is 2.20. The van der Waals surface area contributed by atoms with E-state index in [9.17, 15) is 0 Å². The lowest BCUT2D eigenvalue weighted by Crippen LogP contribution is -2.37. The second-order valence-electron chi connectivity index (χ2n) is 8.87. The van der Waals surface area contributed by atoms with E-state index < -0.39 is 0 Å². The molecular formula is C24H33N7OS. The van der Waals surface area contributed by atoms with Gasteiger partial charge in [0.15, 0.2) is 5.11 Å². The summed E-state index contributed by atoms with van der Waals surface area (Å²) in [5.74, 6) is 2.44. The molecule has 9 heteroatoms. The Hall–Kier alpha value is -2.65. The average molecular weight is 468 g/mol. The number of nitrogens with zero attached hydrogens (tertiary/aromatic N) is 5. The second-order valence-corrected chi connectivity index (χ2v) is 9.28. The van der Waals surface area contributed by atoms with Crippen LogP contribution in [0.2, 0.25) is 0 Å². The SMILES string of the molecule is S=C(NCc1ccc(N2CCCC2)cc1)Nc1nc(N2CCCC2)cc(N2CCOCC2)n1. The van der Waals surface area contributed by atoms with Crippen LogP contribution in [0.25, 0.3) is 0 Å². The van der Waals surface area contributed by atoms with E-state index in [1.807, 2.05) is 0 Å². The van der Waals surface area contributed by atoms with Crippen molar-refractivity contribution in [1.29, 1.82) is 0 Å². The number of thiocarbonyl (C=S) groups is 1. The molecule has 3 fully saturated rings. The summed E-state index contributed by atoms with van der Waals surface area (Å²) in [6.07, 6.45) is 4.99. The Bertz CT molecular complexity index is 936. The number of aromatic nitrogens is 2. The van der Waals surface area contributed by atoms with Crippen molar-refractivity contribution in [3.05, 3.63) is 35.9 Å². The van der Waals surface area contributed by atoms with Crippen molar-refractivity contribution in [2.45, 2.75) is 32.2 Å². The number of morpholine rings is 1. The molecule has 0 aliphatic carbocycles. The Morgan fingerprint density at radius 2 is 1.39 bits per heavy atom. The zero-order valence-corrected chi connectivity index (χ0v) is 19.9. The molecule has 5 rings (SSSR count). The van der Waals surface area contributed by atoms with Gasteiger partial charge in [-0.05, 0) is 55.6 Å². The zero-order valence-electron chi connectivity index (χ0n) is 19.1. The normalized spacial score (nSPS) is 18.6. The lowest BCUT2D eigenvalue weighted by Gasteiger charge is -2.29. The first-order valence-electron chi connectivity index (χ1n) is 12.1. The molecule has 3 aliphatic heterocycles. The monoisotopic (exact) mass is 467 g/mol. The van der Waals surface area contributed by atoms with E-state index in [0.717, 1.165) is 64.1 Å². The molecule has 1 aromatic heterocycles. The Morgan fingerprint density at radius 3 is 2.03 bits per heavy atom. The van der Waals surface area contributed by atoms with E-state index in [-0.39, 0.29) is 0 Å². The molecule has 0 bridgehead atoms. The molecular weight excluding hydrogens is 434 g/mol. The smallest absolute Gasteiger partial charge is 0.232 e. The van der Waals surface area contributed by atoms with Crippen molar-refractivity contribution < 1.29 is 4.74 Å². The van der Waals surface area contributed by atoms with Gasteiger partial charge in [-0.3, -0.25) is 0 Å². The molecule has 33 heavy (non-hydrogen) atoms. The molecule has 0 amide bonds. The lowest BCUT2D eigenvalue weighted by molar-refractivity contribution is 0.122. The highest BCUT2D eigenvalue weighted by Crippen LogP contribution is 2.25. The summed E-state index contributed by atoms with van der Waals surface area (Å²) >= 11 is 5.57. The Morgan fingerprint density at radius 1 is 0.818 bits per heavy atom. The number of nitrogens with one attached hydrogen (secondary N) is 2. The zero-order chi connectivity index (χ0) is 22.5. The van der Waals surface area contributed by atoms with E-state index in [1.54, 1.807) is 0 Å². The van der Waals surface area contributed by atoms with Gasteiger partial charge in [0.1, 0.15) is 11.6 Å². The summed E-state index contributed by atoms with van der Waals surface area (Å²) in [4.78, 5) is 16.6. The van der Waals surface area contributed by atoms with Gasteiger partial charge >= 0.3 is 0 Å². The first-order valence-corrected chi connectivity index (χ1v) is 12.5. The Kier molecular flexibility index (Phi) is 7.06. The van der Waals surface area contributed by atoms with Crippen molar-refractivity contribution >= 4 is 40.6 Å². The standard InChI is InChI=1S/C24H33N7OS/c33-24(25-18-19-5-7-20(8-6-19)29-9-1-2-10-29)28-23-26-21(30-11-3-4-12-30)17-22(27-23)31-13-15-32-16-14-31/h5-8,17H,1-4,9-16,18H2,(H2,25,26,27,28,33). The summed E-state index contributed by atoms with van der Waals surface area (Å²) in [6.45, 7) is 8.18. The minimum atomic E-state index is 0.533. The average Bonchev–Trinajstić information content (AvgIpc) is 3.58. The van der Waals surface area contributed by atoms with Crippen LogP contribution in [0, 0.1) is 0 Å². The van der Waals surface area contributed by atoms with Crippen LogP contribution < -0.4 is 25.3 Å². The molecule has 3 aliphatic rings. The maximum Gasteiger partial charge on any atom is 0.232 e. The van der Waals surface area contributed by atoms with E-state index in [1.165, 1.54) is 36.9 Å². The number of rotatable bonds is 6. The van der Waals surface area contributed by atoms with Crippen LogP contribution >= 0.6 is 12.2 Å². The topological polar surface area (TPSA) is 68.8 Å². The molecule has 1 aromatic carbocycles. The number of hydrogen-bond acceptors (Lipinski definition) is 7. The summed E-state index contributed by atoms with van der Waals surface area (Å²) < 4.78 is 5.51. The third kappa shape index (κ3) is 5.65. The molecule has 8 nitrogen and oxygen atoms in total. The second kappa shape index (κ2) is 10.5. The molecule has 176 valence electrons. The predicted octanol–water partition coefficient (Wildman–Crippen LogP) is 3.00. The molecule has 0 saturated carbocycles. The summed E-state index contributed by atoms with van der Waals surface area (Å²) in [5.41, 5.74) is 2.50. The van der Waals surface area contributed by atoms with Crippen LogP contribution in [0.3, 0.4) is 0 Å². The maximum atomic E-state index is 5.57. The van der Waals surface area contributed by atoms with E-state index >= 15 is 0 Å². The van der Waals surface area contributed by atoms with Crippen molar-refractivity contribution in [2.75, 3.05) is 72.5 Å². The Balaban J connectivity index is 1.22. The molecule has 0 spiro atoms. The quantitative estimate of drug-likeness (QED) is 0.624. The van der Waals surface area contributed by atoms with Crippen molar-refractivity contribution in [3.63, 3.8) is 0 Å². The van der Waals surface area contributed by atoms with Crippen molar-refractivity contribution in [1.82, 2.24) is 15.3 Å². The van der Waals surface area contributed by atoms with Gasteiger partial charge in [-0.2, -0.15) is 9.97 Å². The largest absolute Gasteiger partial charge is 0.378 e. The molecule has 0 atom stereocenters. The fourth-order valence-corrected chi connectivity index (χ4v) is 4.83. The van der Waals surface area contributed by atoms with Gasteiger partial charge in [0.05, 0.1) is 13.2 Å². The third-order valence-corrected chi connectivity index (χ3v) is 6.80.